The van der Waals surface area contributed by atoms with Gasteiger partial charge >= 0.3 is 6.09 Å². The van der Waals surface area contributed by atoms with Gasteiger partial charge in [0.05, 0.1) is 0 Å². The number of fused-ring (bicyclic) bond motifs is 1. The maximum atomic E-state index is 12.2. The molecule has 0 unspecified atom stereocenters. The van der Waals surface area contributed by atoms with Crippen molar-refractivity contribution in [1.29, 1.82) is 0 Å². The standard InChI is InChI=1S/C16H19Cl2N5O2/c1-16(2,3)25-15(24)23-8-6-22(7-9-23)13-10-4-5-19-12(17)11(10)20-14(18)21-13/h4-5H,6-9H2,1-3H3. The molecule has 0 spiro atoms. The van der Waals surface area contributed by atoms with Crippen molar-refractivity contribution in [2.45, 2.75) is 26.4 Å². The molecule has 3 rings (SSSR count). The first-order valence-electron chi connectivity index (χ1n) is 7.95. The summed E-state index contributed by atoms with van der Waals surface area (Å²) in [6.45, 7) is 7.87. The highest BCUT2D eigenvalue weighted by Gasteiger charge is 2.27. The highest BCUT2D eigenvalue weighted by atomic mass is 35.5. The predicted molar refractivity (Wildman–Crippen MR) is 97.4 cm³/mol. The Morgan fingerprint density at radius 1 is 1.16 bits per heavy atom. The fourth-order valence-electron chi connectivity index (χ4n) is 2.65. The van der Waals surface area contributed by atoms with E-state index in [2.05, 4.69) is 19.9 Å². The first-order valence-corrected chi connectivity index (χ1v) is 8.71. The molecule has 1 aliphatic heterocycles. The highest BCUT2D eigenvalue weighted by Crippen LogP contribution is 2.29. The number of ether oxygens (including phenoxy) is 1. The summed E-state index contributed by atoms with van der Waals surface area (Å²) in [4.78, 5) is 28.5. The summed E-state index contributed by atoms with van der Waals surface area (Å²) in [5.74, 6) is 0.697. The van der Waals surface area contributed by atoms with E-state index >= 15 is 0 Å². The van der Waals surface area contributed by atoms with E-state index in [1.54, 1.807) is 11.1 Å². The first kappa shape index (κ1) is 17.9. The van der Waals surface area contributed by atoms with Gasteiger partial charge in [0.2, 0.25) is 5.28 Å². The minimum atomic E-state index is -0.506. The van der Waals surface area contributed by atoms with Gasteiger partial charge < -0.3 is 14.5 Å². The summed E-state index contributed by atoms with van der Waals surface area (Å²) in [6, 6.07) is 1.81. The average Bonchev–Trinajstić information content (AvgIpc) is 2.54. The van der Waals surface area contributed by atoms with Gasteiger partial charge in [-0.3, -0.25) is 0 Å². The Morgan fingerprint density at radius 2 is 1.84 bits per heavy atom. The summed E-state index contributed by atoms with van der Waals surface area (Å²) in [5.41, 5.74) is 0.0164. The third kappa shape index (κ3) is 4.04. The van der Waals surface area contributed by atoms with Crippen LogP contribution in [0.3, 0.4) is 0 Å². The maximum Gasteiger partial charge on any atom is 0.410 e. The van der Waals surface area contributed by atoms with Crippen LogP contribution < -0.4 is 4.90 Å². The van der Waals surface area contributed by atoms with Crippen molar-refractivity contribution < 1.29 is 9.53 Å². The first-order chi connectivity index (χ1) is 11.7. The van der Waals surface area contributed by atoms with E-state index in [9.17, 15) is 4.79 Å². The smallest absolute Gasteiger partial charge is 0.410 e. The minimum absolute atomic E-state index is 0.118. The molecule has 0 N–H and O–H groups in total. The van der Waals surface area contributed by atoms with Gasteiger partial charge in [-0.05, 0) is 38.4 Å². The van der Waals surface area contributed by atoms with Crippen LogP contribution in [0.2, 0.25) is 10.4 Å². The third-order valence-electron chi connectivity index (χ3n) is 3.75. The normalized spacial score (nSPS) is 15.6. The molecule has 7 nitrogen and oxygen atoms in total. The number of amides is 1. The Balaban J connectivity index is 1.79. The molecule has 1 aliphatic rings. The van der Waals surface area contributed by atoms with Crippen molar-refractivity contribution in [3.05, 3.63) is 22.7 Å². The molecule has 0 bridgehead atoms. The van der Waals surface area contributed by atoms with Crippen LogP contribution in [0.15, 0.2) is 12.3 Å². The van der Waals surface area contributed by atoms with Gasteiger partial charge in [-0.15, -0.1) is 0 Å². The van der Waals surface area contributed by atoms with E-state index in [-0.39, 0.29) is 16.5 Å². The zero-order valence-electron chi connectivity index (χ0n) is 14.3. The molecule has 9 heteroatoms. The SMILES string of the molecule is CC(C)(C)OC(=O)N1CCN(c2nc(Cl)nc3c(Cl)nccc23)CC1. The second-order valence-corrected chi connectivity index (χ2v) is 7.46. The van der Waals surface area contributed by atoms with Crippen molar-refractivity contribution in [1.82, 2.24) is 19.9 Å². The molecule has 3 heterocycles. The summed E-state index contributed by atoms with van der Waals surface area (Å²) in [6.07, 6.45) is 1.31. The molecule has 0 aliphatic carbocycles. The summed E-state index contributed by atoms with van der Waals surface area (Å²) in [5, 5.41) is 1.19. The number of hydrogen-bond acceptors (Lipinski definition) is 6. The number of rotatable bonds is 1. The Labute approximate surface area is 155 Å². The largest absolute Gasteiger partial charge is 0.444 e. The van der Waals surface area contributed by atoms with Crippen LogP contribution in [-0.2, 0) is 4.74 Å². The van der Waals surface area contributed by atoms with Crippen LogP contribution in [0.25, 0.3) is 10.9 Å². The van der Waals surface area contributed by atoms with Crippen LogP contribution in [0.1, 0.15) is 20.8 Å². The summed E-state index contributed by atoms with van der Waals surface area (Å²) >= 11 is 12.2. The summed E-state index contributed by atoms with van der Waals surface area (Å²) in [7, 11) is 0. The fraction of sp³-hybridized carbons (Fsp3) is 0.500. The van der Waals surface area contributed by atoms with Gasteiger partial charge in [0.25, 0.3) is 0 Å². The topological polar surface area (TPSA) is 71.5 Å². The van der Waals surface area contributed by atoms with E-state index in [1.807, 2.05) is 26.8 Å². The Hall–Kier alpha value is -1.86. The quantitative estimate of drug-likeness (QED) is 0.555. The Morgan fingerprint density at radius 3 is 2.48 bits per heavy atom. The number of pyridine rings is 1. The molecule has 0 aromatic carbocycles. The van der Waals surface area contributed by atoms with Crippen LogP contribution in [0.4, 0.5) is 10.6 Å². The van der Waals surface area contributed by atoms with Gasteiger partial charge in [0.15, 0.2) is 5.15 Å². The Kier molecular flexibility index (Phi) is 4.88. The number of hydrogen-bond donors (Lipinski definition) is 0. The zero-order chi connectivity index (χ0) is 18.2. The van der Waals surface area contributed by atoms with Crippen LogP contribution in [-0.4, -0.2) is 57.7 Å². The van der Waals surface area contributed by atoms with Gasteiger partial charge in [0.1, 0.15) is 16.9 Å². The molecule has 2 aromatic rings. The molecule has 1 saturated heterocycles. The van der Waals surface area contributed by atoms with Gasteiger partial charge in [0, 0.05) is 37.8 Å². The number of carbonyl (C=O) groups excluding carboxylic acids is 1. The summed E-state index contributed by atoms with van der Waals surface area (Å²) < 4.78 is 5.42. The van der Waals surface area contributed by atoms with Crippen LogP contribution in [0, 0.1) is 0 Å². The lowest BCUT2D eigenvalue weighted by atomic mass is 10.2. The van der Waals surface area contributed by atoms with E-state index in [1.165, 1.54) is 0 Å². The molecule has 1 fully saturated rings. The van der Waals surface area contributed by atoms with Crippen molar-refractivity contribution >= 4 is 46.0 Å². The predicted octanol–water partition coefficient (Wildman–Crippen LogP) is 3.39. The molecule has 0 radical (unpaired) electrons. The van der Waals surface area contributed by atoms with Crippen molar-refractivity contribution in [2.75, 3.05) is 31.1 Å². The van der Waals surface area contributed by atoms with Crippen molar-refractivity contribution in [2.24, 2.45) is 0 Å². The average molecular weight is 384 g/mol. The number of carbonyl (C=O) groups is 1. The molecule has 2 aromatic heterocycles. The lowest BCUT2D eigenvalue weighted by Gasteiger charge is -2.36. The second kappa shape index (κ2) is 6.80. The molecular formula is C16H19Cl2N5O2. The van der Waals surface area contributed by atoms with Crippen LogP contribution in [0.5, 0.6) is 0 Å². The second-order valence-electron chi connectivity index (χ2n) is 6.77. The highest BCUT2D eigenvalue weighted by molar-refractivity contribution is 6.34. The Bertz CT molecular complexity index is 801. The zero-order valence-corrected chi connectivity index (χ0v) is 15.8. The maximum absolute atomic E-state index is 12.2. The number of nitrogens with zero attached hydrogens (tertiary/aromatic N) is 5. The van der Waals surface area contributed by atoms with Gasteiger partial charge in [-0.1, -0.05) is 11.6 Å². The number of piperazine rings is 1. The fourth-order valence-corrected chi connectivity index (χ4v) is 3.01. The third-order valence-corrected chi connectivity index (χ3v) is 4.20. The van der Waals surface area contributed by atoms with E-state index < -0.39 is 5.60 Å². The molecule has 0 saturated carbocycles. The number of halogens is 2. The van der Waals surface area contributed by atoms with Crippen LogP contribution >= 0.6 is 23.2 Å². The molecular weight excluding hydrogens is 365 g/mol. The van der Waals surface area contributed by atoms with E-state index in [0.29, 0.717) is 37.5 Å². The lowest BCUT2D eigenvalue weighted by molar-refractivity contribution is 0.0240. The minimum Gasteiger partial charge on any atom is -0.444 e. The number of aromatic nitrogens is 3. The van der Waals surface area contributed by atoms with Crippen molar-refractivity contribution in [3.8, 4) is 0 Å². The molecule has 1 amide bonds. The molecule has 25 heavy (non-hydrogen) atoms. The molecule has 134 valence electrons. The monoisotopic (exact) mass is 383 g/mol. The van der Waals surface area contributed by atoms with E-state index in [4.69, 9.17) is 27.9 Å². The van der Waals surface area contributed by atoms with E-state index in [0.717, 1.165) is 5.39 Å². The van der Waals surface area contributed by atoms with Gasteiger partial charge in [-0.2, -0.15) is 4.98 Å². The van der Waals surface area contributed by atoms with Crippen molar-refractivity contribution in [3.63, 3.8) is 0 Å². The number of anilines is 1. The lowest BCUT2D eigenvalue weighted by Crippen LogP contribution is -2.50. The molecule has 0 atom stereocenters. The van der Waals surface area contributed by atoms with Gasteiger partial charge in [-0.25, -0.2) is 14.8 Å².